The molecule has 0 aliphatic heterocycles. The highest BCUT2D eigenvalue weighted by molar-refractivity contribution is 6.30. The third-order valence-corrected chi connectivity index (χ3v) is 3.38. The monoisotopic (exact) mass is 286 g/mol. The zero-order chi connectivity index (χ0) is 14.7. The van der Waals surface area contributed by atoms with Gasteiger partial charge in [-0.3, -0.25) is 9.89 Å². The van der Waals surface area contributed by atoms with Gasteiger partial charge >= 0.3 is 0 Å². The molecule has 1 aromatic carbocycles. The van der Waals surface area contributed by atoms with Crippen LogP contribution >= 0.6 is 11.6 Å². The fourth-order valence-corrected chi connectivity index (χ4v) is 2.43. The first kappa shape index (κ1) is 13.9. The highest BCUT2D eigenvalue weighted by atomic mass is 35.5. The number of aromatic nitrogens is 2. The number of aryl methyl sites for hydroxylation is 1. The molecule has 2 rings (SSSR count). The molecule has 0 saturated heterocycles. The minimum Gasteiger partial charge on any atom is -0.302 e. The highest BCUT2D eigenvalue weighted by Crippen LogP contribution is 2.32. The van der Waals surface area contributed by atoms with Crippen LogP contribution in [-0.2, 0) is 0 Å². The molecule has 1 aromatic heterocycles. The van der Waals surface area contributed by atoms with Crippen molar-refractivity contribution in [2.75, 3.05) is 0 Å². The SMILES string of the molecule is Cc1[nH][nH]c(=O)c1[C@@H](c1cccc(Cl)c1)C(C#N)C#N. The van der Waals surface area contributed by atoms with Gasteiger partial charge in [-0.1, -0.05) is 23.7 Å². The summed E-state index contributed by atoms with van der Waals surface area (Å²) in [6.07, 6.45) is 0. The summed E-state index contributed by atoms with van der Waals surface area (Å²) < 4.78 is 0. The molecule has 0 aliphatic carbocycles. The Labute approximate surface area is 120 Å². The van der Waals surface area contributed by atoms with Crippen LogP contribution in [0.2, 0.25) is 5.02 Å². The Morgan fingerprint density at radius 3 is 2.45 bits per heavy atom. The van der Waals surface area contributed by atoms with Gasteiger partial charge in [-0.2, -0.15) is 10.5 Å². The van der Waals surface area contributed by atoms with E-state index in [0.717, 1.165) is 0 Å². The molecule has 0 unspecified atom stereocenters. The summed E-state index contributed by atoms with van der Waals surface area (Å²) >= 11 is 5.96. The van der Waals surface area contributed by atoms with Crippen molar-refractivity contribution in [3.8, 4) is 12.1 Å². The Hall–Kier alpha value is -2.50. The lowest BCUT2D eigenvalue weighted by molar-refractivity contribution is 0.701. The fourth-order valence-electron chi connectivity index (χ4n) is 2.23. The van der Waals surface area contributed by atoms with Crippen LogP contribution in [0.4, 0.5) is 0 Å². The second-order valence-electron chi connectivity index (χ2n) is 4.39. The summed E-state index contributed by atoms with van der Waals surface area (Å²) in [5, 5.41) is 24.0. The van der Waals surface area contributed by atoms with Crippen molar-refractivity contribution < 1.29 is 0 Å². The number of hydrogen-bond donors (Lipinski definition) is 2. The van der Waals surface area contributed by atoms with Gasteiger partial charge < -0.3 is 5.10 Å². The lowest BCUT2D eigenvalue weighted by atomic mass is 9.82. The van der Waals surface area contributed by atoms with Crippen LogP contribution in [0.3, 0.4) is 0 Å². The Bertz CT molecular complexity index is 748. The largest absolute Gasteiger partial charge is 0.302 e. The number of H-pyrrole nitrogens is 2. The minimum atomic E-state index is -0.968. The first-order valence-electron chi connectivity index (χ1n) is 5.90. The van der Waals surface area contributed by atoms with E-state index >= 15 is 0 Å². The van der Waals surface area contributed by atoms with Crippen LogP contribution < -0.4 is 5.56 Å². The molecule has 1 atom stereocenters. The molecular formula is C14H11ClN4O. The van der Waals surface area contributed by atoms with E-state index in [1.165, 1.54) is 0 Å². The quantitative estimate of drug-likeness (QED) is 0.907. The number of rotatable bonds is 3. The van der Waals surface area contributed by atoms with E-state index in [9.17, 15) is 15.3 Å². The molecule has 0 spiro atoms. The van der Waals surface area contributed by atoms with E-state index in [4.69, 9.17) is 11.6 Å². The van der Waals surface area contributed by atoms with Crippen LogP contribution in [0.5, 0.6) is 0 Å². The molecule has 0 bridgehead atoms. The summed E-state index contributed by atoms with van der Waals surface area (Å²) in [7, 11) is 0. The van der Waals surface area contributed by atoms with Crippen molar-refractivity contribution in [1.29, 1.82) is 10.5 Å². The van der Waals surface area contributed by atoms with E-state index in [0.29, 0.717) is 21.8 Å². The fraction of sp³-hybridized carbons (Fsp3) is 0.214. The summed E-state index contributed by atoms with van der Waals surface area (Å²) in [6, 6.07) is 10.7. The van der Waals surface area contributed by atoms with Crippen molar-refractivity contribution >= 4 is 11.6 Å². The first-order valence-corrected chi connectivity index (χ1v) is 6.28. The predicted molar refractivity (Wildman–Crippen MR) is 74.2 cm³/mol. The van der Waals surface area contributed by atoms with Gasteiger partial charge in [-0.25, -0.2) is 0 Å². The van der Waals surface area contributed by atoms with Gasteiger partial charge in [0.1, 0.15) is 5.92 Å². The van der Waals surface area contributed by atoms with Crippen molar-refractivity contribution in [1.82, 2.24) is 10.2 Å². The smallest absolute Gasteiger partial charge is 0.268 e. The number of hydrogen-bond acceptors (Lipinski definition) is 3. The molecule has 0 aliphatic rings. The number of nitrogens with one attached hydrogen (secondary N) is 2. The number of halogens is 1. The predicted octanol–water partition coefficient (Wildman–Crippen LogP) is 2.46. The third kappa shape index (κ3) is 2.45. The molecule has 0 saturated carbocycles. The molecule has 100 valence electrons. The van der Waals surface area contributed by atoms with Crippen LogP contribution in [0.1, 0.15) is 22.7 Å². The number of aromatic amines is 2. The van der Waals surface area contributed by atoms with E-state index in [-0.39, 0.29) is 5.56 Å². The highest BCUT2D eigenvalue weighted by Gasteiger charge is 2.29. The maximum absolute atomic E-state index is 11.9. The molecule has 20 heavy (non-hydrogen) atoms. The summed E-state index contributed by atoms with van der Waals surface area (Å²) in [6.45, 7) is 1.72. The molecule has 6 heteroatoms. The molecule has 0 fully saturated rings. The van der Waals surface area contributed by atoms with E-state index < -0.39 is 11.8 Å². The minimum absolute atomic E-state index is 0.331. The lowest BCUT2D eigenvalue weighted by Gasteiger charge is -2.17. The number of benzene rings is 1. The van der Waals surface area contributed by atoms with Gasteiger partial charge in [0.25, 0.3) is 5.56 Å². The van der Waals surface area contributed by atoms with Crippen LogP contribution in [0.15, 0.2) is 29.1 Å². The molecule has 0 amide bonds. The zero-order valence-corrected chi connectivity index (χ0v) is 11.4. The molecule has 1 heterocycles. The van der Waals surface area contributed by atoms with Crippen molar-refractivity contribution in [3.63, 3.8) is 0 Å². The van der Waals surface area contributed by atoms with E-state index in [1.807, 2.05) is 12.1 Å². The Balaban J connectivity index is 2.67. The van der Waals surface area contributed by atoms with Crippen molar-refractivity contribution in [2.24, 2.45) is 5.92 Å². The molecule has 5 nitrogen and oxygen atoms in total. The van der Waals surface area contributed by atoms with Gasteiger partial charge in [0.2, 0.25) is 0 Å². The maximum atomic E-state index is 11.9. The summed E-state index contributed by atoms with van der Waals surface area (Å²) in [5.74, 6) is -1.61. The lowest BCUT2D eigenvalue weighted by Crippen LogP contribution is -2.19. The second kappa shape index (κ2) is 5.64. The zero-order valence-electron chi connectivity index (χ0n) is 10.6. The Morgan fingerprint density at radius 1 is 1.25 bits per heavy atom. The molecular weight excluding hydrogens is 276 g/mol. The maximum Gasteiger partial charge on any atom is 0.268 e. The molecule has 0 radical (unpaired) electrons. The van der Waals surface area contributed by atoms with Crippen molar-refractivity contribution in [3.05, 3.63) is 56.5 Å². The van der Waals surface area contributed by atoms with E-state index in [2.05, 4.69) is 10.2 Å². The van der Waals surface area contributed by atoms with Gasteiger partial charge in [0.15, 0.2) is 0 Å². The van der Waals surface area contributed by atoms with Gasteiger partial charge in [-0.05, 0) is 24.6 Å². The van der Waals surface area contributed by atoms with Gasteiger partial charge in [0, 0.05) is 22.2 Å². The van der Waals surface area contributed by atoms with Crippen LogP contribution in [0.25, 0.3) is 0 Å². The van der Waals surface area contributed by atoms with Crippen LogP contribution in [0, 0.1) is 35.5 Å². The van der Waals surface area contributed by atoms with Crippen molar-refractivity contribution in [2.45, 2.75) is 12.8 Å². The average Bonchev–Trinajstić information content (AvgIpc) is 2.76. The standard InChI is InChI=1S/C14H11ClN4O/c1-8-12(14(20)19-18-8)13(10(6-16)7-17)9-3-2-4-11(15)5-9/h2-5,10,13H,1H3,(H2,18,19,20)/t13-/m0/s1. The third-order valence-electron chi connectivity index (χ3n) is 3.14. The molecule has 2 N–H and O–H groups in total. The topological polar surface area (TPSA) is 96.2 Å². The number of nitrogens with zero attached hydrogens (tertiary/aromatic N) is 2. The summed E-state index contributed by atoms with van der Waals surface area (Å²) in [5.41, 5.74) is 1.33. The Morgan fingerprint density at radius 2 is 1.95 bits per heavy atom. The number of nitriles is 2. The average molecular weight is 287 g/mol. The second-order valence-corrected chi connectivity index (χ2v) is 4.82. The summed E-state index contributed by atoms with van der Waals surface area (Å²) in [4.78, 5) is 11.9. The van der Waals surface area contributed by atoms with Gasteiger partial charge in [-0.15, -0.1) is 0 Å². The van der Waals surface area contributed by atoms with Crippen LogP contribution in [-0.4, -0.2) is 10.2 Å². The Kier molecular flexibility index (Phi) is 3.93. The van der Waals surface area contributed by atoms with E-state index in [1.54, 1.807) is 31.2 Å². The molecule has 2 aromatic rings. The normalized spacial score (nSPS) is 11.8. The first-order chi connectivity index (χ1) is 9.58. The van der Waals surface area contributed by atoms with Gasteiger partial charge in [0.05, 0.1) is 12.1 Å².